The molecule has 1 heterocycles. The van der Waals surface area contributed by atoms with Gasteiger partial charge in [-0.25, -0.2) is 0 Å². The van der Waals surface area contributed by atoms with Crippen molar-refractivity contribution >= 4 is 16.8 Å². The van der Waals surface area contributed by atoms with E-state index < -0.39 is 6.04 Å². The van der Waals surface area contributed by atoms with E-state index in [1.807, 2.05) is 30.3 Å². The Labute approximate surface area is 124 Å². The lowest BCUT2D eigenvalue weighted by molar-refractivity contribution is -0.120. The SMILES string of the molecule is NC(=O)C(NC1CCCCC1)c1ccc2ncccc2c1. The number of primary amides is 1. The van der Waals surface area contributed by atoms with E-state index in [0.717, 1.165) is 29.3 Å². The molecular weight excluding hydrogens is 262 g/mol. The average Bonchev–Trinajstić information content (AvgIpc) is 2.53. The molecule has 0 aliphatic heterocycles. The maximum absolute atomic E-state index is 11.9. The van der Waals surface area contributed by atoms with Gasteiger partial charge in [0.25, 0.3) is 0 Å². The van der Waals surface area contributed by atoms with Crippen LogP contribution in [0.3, 0.4) is 0 Å². The molecule has 0 radical (unpaired) electrons. The molecule has 0 saturated heterocycles. The summed E-state index contributed by atoms with van der Waals surface area (Å²) >= 11 is 0. The number of rotatable bonds is 4. The second-order valence-electron chi connectivity index (χ2n) is 5.79. The lowest BCUT2D eigenvalue weighted by atomic mass is 9.93. The molecular formula is C17H21N3O. The summed E-state index contributed by atoms with van der Waals surface area (Å²) in [6, 6.07) is 9.78. The van der Waals surface area contributed by atoms with E-state index in [-0.39, 0.29) is 5.91 Å². The van der Waals surface area contributed by atoms with Crippen molar-refractivity contribution in [2.75, 3.05) is 0 Å². The first-order valence-corrected chi connectivity index (χ1v) is 7.64. The Morgan fingerprint density at radius 3 is 2.81 bits per heavy atom. The number of pyridine rings is 1. The van der Waals surface area contributed by atoms with Gasteiger partial charge in [-0.3, -0.25) is 15.1 Å². The molecule has 2 aromatic rings. The quantitative estimate of drug-likeness (QED) is 0.906. The molecule has 1 amide bonds. The van der Waals surface area contributed by atoms with Crippen molar-refractivity contribution in [1.29, 1.82) is 0 Å². The number of nitrogens with two attached hydrogens (primary N) is 1. The summed E-state index contributed by atoms with van der Waals surface area (Å²) in [5.74, 6) is -0.316. The van der Waals surface area contributed by atoms with Crippen LogP contribution in [0.15, 0.2) is 36.5 Å². The molecule has 1 aliphatic rings. The summed E-state index contributed by atoms with van der Waals surface area (Å²) in [5, 5.41) is 4.48. The van der Waals surface area contributed by atoms with Crippen LogP contribution in [0, 0.1) is 0 Å². The van der Waals surface area contributed by atoms with Crippen LogP contribution in [0.5, 0.6) is 0 Å². The zero-order valence-electron chi connectivity index (χ0n) is 12.1. The lowest BCUT2D eigenvalue weighted by Crippen LogP contribution is -2.40. The Bertz CT molecular complexity index is 635. The van der Waals surface area contributed by atoms with Gasteiger partial charge in [-0.05, 0) is 36.6 Å². The number of amides is 1. The summed E-state index contributed by atoms with van der Waals surface area (Å²) in [7, 11) is 0. The molecule has 1 unspecified atom stereocenters. The van der Waals surface area contributed by atoms with Crippen molar-refractivity contribution in [1.82, 2.24) is 10.3 Å². The first-order valence-electron chi connectivity index (χ1n) is 7.64. The zero-order valence-corrected chi connectivity index (χ0v) is 12.1. The van der Waals surface area contributed by atoms with Crippen molar-refractivity contribution in [2.24, 2.45) is 5.73 Å². The van der Waals surface area contributed by atoms with E-state index >= 15 is 0 Å². The standard InChI is InChI=1S/C17H21N3O/c18-17(21)16(20-14-6-2-1-3-7-14)13-8-9-15-12(11-13)5-4-10-19-15/h4-5,8-11,14,16,20H,1-3,6-7H2,(H2,18,21). The van der Waals surface area contributed by atoms with Crippen molar-refractivity contribution in [3.8, 4) is 0 Å². The van der Waals surface area contributed by atoms with Gasteiger partial charge in [0.05, 0.1) is 5.52 Å². The molecule has 3 N–H and O–H groups in total. The number of nitrogens with zero attached hydrogens (tertiary/aromatic N) is 1. The number of nitrogens with one attached hydrogen (secondary N) is 1. The monoisotopic (exact) mass is 283 g/mol. The number of carbonyl (C=O) groups excluding carboxylic acids is 1. The van der Waals surface area contributed by atoms with Gasteiger partial charge in [-0.15, -0.1) is 0 Å². The van der Waals surface area contributed by atoms with Crippen LogP contribution in [-0.2, 0) is 4.79 Å². The molecule has 1 saturated carbocycles. The molecule has 3 rings (SSSR count). The Balaban J connectivity index is 1.85. The van der Waals surface area contributed by atoms with Crippen molar-refractivity contribution in [3.63, 3.8) is 0 Å². The smallest absolute Gasteiger partial charge is 0.239 e. The van der Waals surface area contributed by atoms with Gasteiger partial charge >= 0.3 is 0 Å². The second kappa shape index (κ2) is 6.22. The van der Waals surface area contributed by atoms with E-state index in [2.05, 4.69) is 10.3 Å². The number of hydrogen-bond acceptors (Lipinski definition) is 3. The Morgan fingerprint density at radius 2 is 2.05 bits per heavy atom. The maximum atomic E-state index is 11.9. The van der Waals surface area contributed by atoms with Gasteiger partial charge in [0, 0.05) is 17.6 Å². The topological polar surface area (TPSA) is 68.0 Å². The fourth-order valence-electron chi connectivity index (χ4n) is 3.12. The summed E-state index contributed by atoms with van der Waals surface area (Å²) in [6.07, 6.45) is 7.77. The van der Waals surface area contributed by atoms with Crippen molar-refractivity contribution in [3.05, 3.63) is 42.1 Å². The van der Waals surface area contributed by atoms with Gasteiger partial charge < -0.3 is 5.73 Å². The third-order valence-electron chi connectivity index (χ3n) is 4.25. The van der Waals surface area contributed by atoms with E-state index in [1.165, 1.54) is 19.3 Å². The molecule has 1 aromatic heterocycles. The minimum atomic E-state index is -0.419. The highest BCUT2D eigenvalue weighted by Crippen LogP contribution is 2.23. The second-order valence-corrected chi connectivity index (χ2v) is 5.79. The van der Waals surface area contributed by atoms with Crippen molar-refractivity contribution in [2.45, 2.75) is 44.2 Å². The molecule has 1 aliphatic carbocycles. The first-order chi connectivity index (χ1) is 10.2. The summed E-state index contributed by atoms with van der Waals surface area (Å²) in [4.78, 5) is 16.2. The predicted octanol–water partition coefficient (Wildman–Crippen LogP) is 2.68. The molecule has 1 atom stereocenters. The van der Waals surface area contributed by atoms with Gasteiger partial charge in [0.2, 0.25) is 5.91 Å². The third kappa shape index (κ3) is 3.22. The Hall–Kier alpha value is -1.94. The van der Waals surface area contributed by atoms with Crippen LogP contribution in [0.4, 0.5) is 0 Å². The highest BCUT2D eigenvalue weighted by molar-refractivity contribution is 5.85. The molecule has 4 heteroatoms. The highest BCUT2D eigenvalue weighted by Gasteiger charge is 2.23. The van der Waals surface area contributed by atoms with Gasteiger partial charge in [0.1, 0.15) is 6.04 Å². The third-order valence-corrected chi connectivity index (χ3v) is 4.25. The lowest BCUT2D eigenvalue weighted by Gasteiger charge is -2.27. The summed E-state index contributed by atoms with van der Waals surface area (Å²) < 4.78 is 0. The fraction of sp³-hybridized carbons (Fsp3) is 0.412. The molecule has 21 heavy (non-hydrogen) atoms. The van der Waals surface area contributed by atoms with Crippen LogP contribution in [0.2, 0.25) is 0 Å². The number of fused-ring (bicyclic) bond motifs is 1. The molecule has 1 fully saturated rings. The molecule has 0 bridgehead atoms. The van der Waals surface area contributed by atoms with Gasteiger partial charge in [-0.1, -0.05) is 31.4 Å². The van der Waals surface area contributed by atoms with Crippen LogP contribution < -0.4 is 11.1 Å². The number of benzene rings is 1. The summed E-state index contributed by atoms with van der Waals surface area (Å²) in [6.45, 7) is 0. The normalized spacial score (nSPS) is 17.7. The number of aromatic nitrogens is 1. The maximum Gasteiger partial charge on any atom is 0.239 e. The average molecular weight is 283 g/mol. The molecule has 110 valence electrons. The fourth-order valence-corrected chi connectivity index (χ4v) is 3.12. The molecule has 4 nitrogen and oxygen atoms in total. The minimum Gasteiger partial charge on any atom is -0.368 e. The van der Waals surface area contributed by atoms with E-state index in [9.17, 15) is 4.79 Å². The van der Waals surface area contributed by atoms with E-state index in [1.54, 1.807) is 6.20 Å². The minimum absolute atomic E-state index is 0.316. The Kier molecular flexibility index (Phi) is 4.15. The molecule has 0 spiro atoms. The number of carbonyl (C=O) groups is 1. The van der Waals surface area contributed by atoms with Crippen LogP contribution in [-0.4, -0.2) is 16.9 Å². The first kappa shape index (κ1) is 14.0. The van der Waals surface area contributed by atoms with E-state index in [0.29, 0.717) is 6.04 Å². The van der Waals surface area contributed by atoms with Crippen LogP contribution in [0.25, 0.3) is 10.9 Å². The highest BCUT2D eigenvalue weighted by atomic mass is 16.1. The zero-order chi connectivity index (χ0) is 14.7. The van der Waals surface area contributed by atoms with Gasteiger partial charge in [0.15, 0.2) is 0 Å². The van der Waals surface area contributed by atoms with Gasteiger partial charge in [-0.2, -0.15) is 0 Å². The number of hydrogen-bond donors (Lipinski definition) is 2. The van der Waals surface area contributed by atoms with Crippen LogP contribution >= 0.6 is 0 Å². The molecule has 1 aromatic carbocycles. The van der Waals surface area contributed by atoms with Crippen molar-refractivity contribution < 1.29 is 4.79 Å². The van der Waals surface area contributed by atoms with E-state index in [4.69, 9.17) is 5.73 Å². The van der Waals surface area contributed by atoms with Crippen LogP contribution in [0.1, 0.15) is 43.7 Å². The summed E-state index contributed by atoms with van der Waals surface area (Å²) in [5.41, 5.74) is 7.47. The predicted molar refractivity (Wildman–Crippen MR) is 83.7 cm³/mol. The Morgan fingerprint density at radius 1 is 1.24 bits per heavy atom. The largest absolute Gasteiger partial charge is 0.368 e.